The number of thiophene rings is 1. The minimum Gasteiger partial charge on any atom is -0.490 e. The van der Waals surface area contributed by atoms with Crippen molar-refractivity contribution in [3.8, 4) is 11.4 Å². The Bertz CT molecular complexity index is 1090. The summed E-state index contributed by atoms with van der Waals surface area (Å²) in [4.78, 5) is 21.1. The van der Waals surface area contributed by atoms with Crippen LogP contribution in [-0.2, 0) is 11.3 Å². The molecule has 7 heteroatoms. The molecule has 2 bridgehead atoms. The van der Waals surface area contributed by atoms with E-state index in [9.17, 15) is 4.79 Å². The molecule has 2 aliphatic heterocycles. The molecule has 0 saturated carbocycles. The molecule has 1 aromatic carbocycles. The van der Waals surface area contributed by atoms with E-state index in [2.05, 4.69) is 23.9 Å². The smallest absolute Gasteiger partial charge is 0.275 e. The van der Waals surface area contributed by atoms with Crippen LogP contribution < -0.4 is 10.3 Å². The topological polar surface area (TPSA) is 56.6 Å². The molecular weight excluding hydrogens is 410 g/mol. The van der Waals surface area contributed by atoms with Crippen molar-refractivity contribution < 1.29 is 9.47 Å². The highest BCUT2D eigenvalue weighted by Gasteiger charge is 2.39. The fourth-order valence-corrected chi connectivity index (χ4v) is 5.85. The zero-order chi connectivity index (χ0) is 21.4. The van der Waals surface area contributed by atoms with Gasteiger partial charge >= 0.3 is 0 Å². The second-order valence-electron chi connectivity index (χ2n) is 8.66. The van der Waals surface area contributed by atoms with Crippen LogP contribution in [0.2, 0.25) is 0 Å². The van der Waals surface area contributed by atoms with Crippen LogP contribution in [0.3, 0.4) is 0 Å². The number of nitrogens with zero attached hydrogens (tertiary/aromatic N) is 3. The summed E-state index contributed by atoms with van der Waals surface area (Å²) in [5, 5.41) is 0. The third-order valence-corrected chi connectivity index (χ3v) is 7.64. The van der Waals surface area contributed by atoms with Gasteiger partial charge in [0.05, 0.1) is 17.8 Å². The molecular formula is C24H29N3O3S. The maximum Gasteiger partial charge on any atom is 0.275 e. The highest BCUT2D eigenvalue weighted by atomic mass is 32.1. The average molecular weight is 440 g/mol. The lowest BCUT2D eigenvalue weighted by atomic mass is 10.0. The van der Waals surface area contributed by atoms with Gasteiger partial charge < -0.3 is 14.4 Å². The molecule has 2 saturated heterocycles. The van der Waals surface area contributed by atoms with Crippen LogP contribution >= 0.6 is 11.3 Å². The monoisotopic (exact) mass is 439 g/mol. The summed E-state index contributed by atoms with van der Waals surface area (Å²) >= 11 is 1.47. The number of hydrogen-bond donors (Lipinski definition) is 0. The summed E-state index contributed by atoms with van der Waals surface area (Å²) in [6, 6.07) is 11.1. The first-order valence-corrected chi connectivity index (χ1v) is 12.0. The van der Waals surface area contributed by atoms with Crippen LogP contribution in [0.15, 0.2) is 41.5 Å². The highest BCUT2D eigenvalue weighted by Crippen LogP contribution is 2.36. The number of piperidine rings is 1. The van der Waals surface area contributed by atoms with Crippen molar-refractivity contribution in [2.45, 2.75) is 63.8 Å². The summed E-state index contributed by atoms with van der Waals surface area (Å²) < 4.78 is 14.2. The zero-order valence-electron chi connectivity index (χ0n) is 18.1. The van der Waals surface area contributed by atoms with Gasteiger partial charge in [-0.1, -0.05) is 6.92 Å². The lowest BCUT2D eigenvalue weighted by molar-refractivity contribution is 0.0662. The Labute approximate surface area is 186 Å². The fraction of sp³-hybridized carbons (Fsp3) is 0.500. The van der Waals surface area contributed by atoms with Crippen molar-refractivity contribution in [2.24, 2.45) is 0 Å². The molecule has 0 amide bonds. The van der Waals surface area contributed by atoms with Gasteiger partial charge in [0.25, 0.3) is 5.56 Å². The van der Waals surface area contributed by atoms with Crippen molar-refractivity contribution in [3.05, 3.63) is 51.9 Å². The van der Waals surface area contributed by atoms with Gasteiger partial charge in [-0.3, -0.25) is 9.36 Å². The first-order chi connectivity index (χ1) is 15.1. The van der Waals surface area contributed by atoms with Crippen LogP contribution in [0.5, 0.6) is 5.75 Å². The molecule has 0 aliphatic carbocycles. The summed E-state index contributed by atoms with van der Waals surface area (Å²) in [5.74, 6) is 0.867. The van der Waals surface area contributed by atoms with E-state index in [1.807, 2.05) is 30.3 Å². The number of ether oxygens (including phenoxy) is 2. The number of hydrogen-bond acceptors (Lipinski definition) is 6. The quantitative estimate of drug-likeness (QED) is 0.512. The van der Waals surface area contributed by atoms with Crippen LogP contribution in [0.25, 0.3) is 15.9 Å². The second-order valence-corrected chi connectivity index (χ2v) is 9.79. The molecule has 3 atom stereocenters. The molecule has 0 N–H and O–H groups in total. The summed E-state index contributed by atoms with van der Waals surface area (Å²) in [7, 11) is 2.24. The second kappa shape index (κ2) is 8.73. The largest absolute Gasteiger partial charge is 0.490 e. The maximum atomic E-state index is 13.0. The molecule has 1 unspecified atom stereocenters. The van der Waals surface area contributed by atoms with E-state index < -0.39 is 0 Å². The van der Waals surface area contributed by atoms with Crippen molar-refractivity contribution in [1.29, 1.82) is 0 Å². The summed E-state index contributed by atoms with van der Waals surface area (Å²) in [5.41, 5.74) is 1.49. The summed E-state index contributed by atoms with van der Waals surface area (Å²) in [6.45, 7) is 3.33. The lowest BCUT2D eigenvalue weighted by Crippen LogP contribution is -2.43. The van der Waals surface area contributed by atoms with Gasteiger partial charge in [0.1, 0.15) is 22.9 Å². The SMILES string of the molecule is CCCOCc1cc2ncn(-c3ccc(OC4C[C@H]5CC[C@@H](C4)N5C)cc3)c(=O)c2s1. The lowest BCUT2D eigenvalue weighted by Gasteiger charge is -2.36. The maximum absolute atomic E-state index is 13.0. The van der Waals surface area contributed by atoms with Gasteiger partial charge in [0.2, 0.25) is 0 Å². The first kappa shape index (κ1) is 20.7. The molecule has 5 rings (SSSR count). The van der Waals surface area contributed by atoms with Crippen molar-refractivity contribution in [2.75, 3.05) is 13.7 Å². The third kappa shape index (κ3) is 4.14. The van der Waals surface area contributed by atoms with E-state index >= 15 is 0 Å². The van der Waals surface area contributed by atoms with Gasteiger partial charge in [-0.25, -0.2) is 4.98 Å². The predicted octanol–water partition coefficient (Wildman–Crippen LogP) is 4.38. The Balaban J connectivity index is 1.31. The van der Waals surface area contributed by atoms with Gasteiger partial charge in [-0.15, -0.1) is 11.3 Å². The minimum atomic E-state index is -0.0442. The molecule has 3 aromatic rings. The van der Waals surface area contributed by atoms with E-state index in [1.54, 1.807) is 10.9 Å². The van der Waals surface area contributed by atoms with E-state index in [1.165, 1.54) is 24.2 Å². The third-order valence-electron chi connectivity index (χ3n) is 6.55. The predicted molar refractivity (Wildman–Crippen MR) is 123 cm³/mol. The first-order valence-electron chi connectivity index (χ1n) is 11.2. The zero-order valence-corrected chi connectivity index (χ0v) is 18.9. The Morgan fingerprint density at radius 1 is 1.16 bits per heavy atom. The van der Waals surface area contributed by atoms with Crippen LogP contribution in [0.1, 0.15) is 43.9 Å². The average Bonchev–Trinajstić information content (AvgIpc) is 3.26. The molecule has 6 nitrogen and oxygen atoms in total. The van der Waals surface area contributed by atoms with Gasteiger partial charge in [-0.05, 0) is 69.5 Å². The molecule has 0 spiro atoms. The molecule has 0 radical (unpaired) electrons. The van der Waals surface area contributed by atoms with Crippen LogP contribution in [-0.4, -0.2) is 46.3 Å². The number of aromatic nitrogens is 2. The van der Waals surface area contributed by atoms with Crippen molar-refractivity contribution in [1.82, 2.24) is 14.5 Å². The van der Waals surface area contributed by atoms with Gasteiger partial charge in [-0.2, -0.15) is 0 Å². The minimum absolute atomic E-state index is 0.0442. The standard InChI is InChI=1S/C24H29N3O3S/c1-3-10-29-14-21-13-22-23(31-21)24(28)27(15-25-22)16-6-8-19(9-7-16)30-20-11-17-4-5-18(12-20)26(17)2/h6-9,13,15,17-18,20H,3-5,10-12,14H2,1-2H3/t17-,18+,20?. The van der Waals surface area contributed by atoms with E-state index in [0.29, 0.717) is 23.4 Å². The Hall–Kier alpha value is -2.22. The van der Waals surface area contributed by atoms with Crippen LogP contribution in [0.4, 0.5) is 0 Å². The molecule has 2 aliphatic rings. The number of fused-ring (bicyclic) bond motifs is 3. The Morgan fingerprint density at radius 2 is 1.90 bits per heavy atom. The Kier molecular flexibility index (Phi) is 5.82. The van der Waals surface area contributed by atoms with Crippen molar-refractivity contribution in [3.63, 3.8) is 0 Å². The van der Waals surface area contributed by atoms with E-state index in [4.69, 9.17) is 9.47 Å². The highest BCUT2D eigenvalue weighted by molar-refractivity contribution is 7.18. The Morgan fingerprint density at radius 3 is 2.61 bits per heavy atom. The molecule has 2 fully saturated rings. The van der Waals surface area contributed by atoms with Gasteiger partial charge in [0, 0.05) is 23.6 Å². The normalized spacial score (nSPS) is 23.5. The molecule has 31 heavy (non-hydrogen) atoms. The van der Waals surface area contributed by atoms with E-state index in [0.717, 1.165) is 47.7 Å². The van der Waals surface area contributed by atoms with Gasteiger partial charge in [0.15, 0.2) is 0 Å². The summed E-state index contributed by atoms with van der Waals surface area (Å²) in [6.07, 6.45) is 7.63. The van der Waals surface area contributed by atoms with Crippen LogP contribution in [0, 0.1) is 0 Å². The molecule has 2 aromatic heterocycles. The number of benzene rings is 1. The van der Waals surface area contributed by atoms with Crippen molar-refractivity contribution >= 4 is 21.6 Å². The van der Waals surface area contributed by atoms with E-state index in [-0.39, 0.29) is 11.7 Å². The molecule has 4 heterocycles. The fourth-order valence-electron chi connectivity index (χ4n) is 4.87. The molecule has 164 valence electrons. The number of rotatable bonds is 7.